The summed E-state index contributed by atoms with van der Waals surface area (Å²) < 4.78 is 6.13. The number of phenolic OH excluding ortho intramolecular Hbond substituents is 1. The second-order valence-corrected chi connectivity index (χ2v) is 10.3. The zero-order valence-corrected chi connectivity index (χ0v) is 21.0. The lowest BCUT2D eigenvalue weighted by Crippen LogP contribution is -2.47. The van der Waals surface area contributed by atoms with E-state index in [0.29, 0.717) is 12.2 Å². The maximum atomic E-state index is 13.1. The van der Waals surface area contributed by atoms with E-state index < -0.39 is 5.41 Å². The van der Waals surface area contributed by atoms with Gasteiger partial charge in [0.2, 0.25) is 5.91 Å². The summed E-state index contributed by atoms with van der Waals surface area (Å²) in [6, 6.07) is 24.7. The number of halogens is 1. The molecular weight excluding hydrogens is 460 g/mol. The minimum atomic E-state index is -0.912. The van der Waals surface area contributed by atoms with Crippen LogP contribution in [0.5, 0.6) is 11.5 Å². The third-order valence-electron chi connectivity index (χ3n) is 7.30. The highest BCUT2D eigenvalue weighted by Crippen LogP contribution is 2.40. The number of nitrogens with zero attached hydrogens (tertiary/aromatic N) is 1. The van der Waals surface area contributed by atoms with Gasteiger partial charge < -0.3 is 15.6 Å². The first kappa shape index (κ1) is 25.1. The monoisotopic (exact) mass is 492 g/mol. The fraction of sp³-hybridized carbons (Fsp3) is 0.345. The molecule has 1 saturated heterocycles. The molecule has 1 aliphatic rings. The Bertz CT molecular complexity index is 1110. The van der Waals surface area contributed by atoms with E-state index in [1.54, 1.807) is 18.2 Å². The van der Waals surface area contributed by atoms with E-state index in [0.717, 1.165) is 37.1 Å². The topological polar surface area (TPSA) is 75.8 Å². The number of hydrogen-bond donors (Lipinski definition) is 2. The number of benzene rings is 3. The zero-order chi connectivity index (χ0) is 25.1. The molecule has 1 aliphatic heterocycles. The molecule has 3 aromatic carbocycles. The maximum Gasteiger partial charge on any atom is 0.232 e. The smallest absolute Gasteiger partial charge is 0.232 e. The SMILES string of the molecule is CC(C)(CCC(C(N)=O)(c1ccccc1)c1ccccc1)N1CC[C@@H](Oc2cccc(O)c2Cl)C1. The number of likely N-dealkylation sites (tertiary alicyclic amines) is 1. The minimum absolute atomic E-state index is 0.0176. The quantitative estimate of drug-likeness (QED) is 0.412. The second-order valence-electron chi connectivity index (χ2n) is 9.88. The van der Waals surface area contributed by atoms with Crippen LogP contribution in [0.15, 0.2) is 78.9 Å². The number of aromatic hydroxyl groups is 1. The van der Waals surface area contributed by atoms with Crippen LogP contribution >= 0.6 is 11.6 Å². The van der Waals surface area contributed by atoms with E-state index in [2.05, 4.69) is 18.7 Å². The van der Waals surface area contributed by atoms with Crippen LogP contribution in [0, 0.1) is 0 Å². The highest BCUT2D eigenvalue weighted by molar-refractivity contribution is 6.33. The Morgan fingerprint density at radius 3 is 2.17 bits per heavy atom. The average molecular weight is 493 g/mol. The van der Waals surface area contributed by atoms with Crippen molar-refractivity contribution < 1.29 is 14.6 Å². The molecule has 3 N–H and O–H groups in total. The Morgan fingerprint density at radius 1 is 1.00 bits per heavy atom. The van der Waals surface area contributed by atoms with Crippen LogP contribution in [0.1, 0.15) is 44.2 Å². The molecule has 184 valence electrons. The first-order chi connectivity index (χ1) is 16.7. The lowest BCUT2D eigenvalue weighted by molar-refractivity contribution is -0.122. The van der Waals surface area contributed by atoms with Gasteiger partial charge in [0.1, 0.15) is 22.6 Å². The molecule has 1 amide bonds. The molecule has 35 heavy (non-hydrogen) atoms. The Balaban J connectivity index is 1.53. The molecule has 6 heteroatoms. The van der Waals surface area contributed by atoms with Gasteiger partial charge in [-0.15, -0.1) is 0 Å². The number of rotatable bonds is 9. The number of carbonyl (C=O) groups excluding carboxylic acids is 1. The van der Waals surface area contributed by atoms with Gasteiger partial charge in [-0.1, -0.05) is 78.3 Å². The van der Waals surface area contributed by atoms with Crippen molar-refractivity contribution in [3.63, 3.8) is 0 Å². The van der Waals surface area contributed by atoms with Gasteiger partial charge >= 0.3 is 0 Å². The van der Waals surface area contributed by atoms with Crippen LogP contribution in [0.3, 0.4) is 0 Å². The van der Waals surface area contributed by atoms with E-state index >= 15 is 0 Å². The third kappa shape index (κ3) is 5.16. The van der Waals surface area contributed by atoms with Crippen molar-refractivity contribution in [1.82, 2.24) is 4.90 Å². The Labute approximate surface area is 212 Å². The van der Waals surface area contributed by atoms with Gasteiger partial charge in [0, 0.05) is 18.6 Å². The van der Waals surface area contributed by atoms with Crippen LogP contribution in [-0.2, 0) is 10.2 Å². The molecule has 1 atom stereocenters. The zero-order valence-electron chi connectivity index (χ0n) is 20.3. The lowest BCUT2D eigenvalue weighted by atomic mass is 9.69. The van der Waals surface area contributed by atoms with E-state index in [4.69, 9.17) is 22.1 Å². The summed E-state index contributed by atoms with van der Waals surface area (Å²) in [5.74, 6) is 0.174. The molecule has 3 aromatic rings. The second kappa shape index (κ2) is 10.3. The van der Waals surface area contributed by atoms with Crippen molar-refractivity contribution in [2.24, 2.45) is 5.73 Å². The molecule has 0 aliphatic carbocycles. The molecule has 1 heterocycles. The van der Waals surface area contributed by atoms with Crippen molar-refractivity contribution >= 4 is 17.5 Å². The van der Waals surface area contributed by atoms with Gasteiger partial charge in [-0.25, -0.2) is 0 Å². The first-order valence-corrected chi connectivity index (χ1v) is 12.4. The molecule has 0 unspecified atom stereocenters. The molecule has 0 radical (unpaired) electrons. The van der Waals surface area contributed by atoms with Crippen LogP contribution < -0.4 is 10.5 Å². The number of ether oxygens (including phenoxy) is 1. The van der Waals surface area contributed by atoms with Gasteiger partial charge in [0.05, 0.1) is 5.41 Å². The molecule has 0 spiro atoms. The van der Waals surface area contributed by atoms with Crippen LogP contribution in [0.25, 0.3) is 0 Å². The summed E-state index contributed by atoms with van der Waals surface area (Å²) in [4.78, 5) is 15.5. The van der Waals surface area contributed by atoms with Gasteiger partial charge in [-0.05, 0) is 56.4 Å². The maximum absolute atomic E-state index is 13.1. The number of carbonyl (C=O) groups is 1. The molecule has 0 bridgehead atoms. The molecular formula is C29H33ClN2O3. The summed E-state index contributed by atoms with van der Waals surface area (Å²) in [6.07, 6.45) is 2.18. The predicted molar refractivity (Wildman–Crippen MR) is 140 cm³/mol. The van der Waals surface area contributed by atoms with Crippen molar-refractivity contribution in [1.29, 1.82) is 0 Å². The number of amides is 1. The van der Waals surface area contributed by atoms with Crippen molar-refractivity contribution in [3.05, 3.63) is 95.0 Å². The first-order valence-electron chi connectivity index (χ1n) is 12.0. The third-order valence-corrected chi connectivity index (χ3v) is 7.68. The Hall–Kier alpha value is -3.02. The van der Waals surface area contributed by atoms with E-state index in [1.165, 1.54) is 0 Å². The Morgan fingerprint density at radius 2 is 1.60 bits per heavy atom. The Kier molecular flexibility index (Phi) is 7.39. The van der Waals surface area contributed by atoms with Crippen LogP contribution in [-0.4, -0.2) is 40.6 Å². The van der Waals surface area contributed by atoms with Crippen molar-refractivity contribution in [2.45, 2.75) is 50.2 Å². The summed E-state index contributed by atoms with van der Waals surface area (Å²) in [6.45, 7) is 6.02. The highest BCUT2D eigenvalue weighted by atomic mass is 35.5. The van der Waals surface area contributed by atoms with Crippen LogP contribution in [0.2, 0.25) is 5.02 Å². The normalized spacial score (nSPS) is 16.8. The summed E-state index contributed by atoms with van der Waals surface area (Å²) in [5, 5.41) is 10.1. The van der Waals surface area contributed by atoms with E-state index in [9.17, 15) is 9.90 Å². The number of nitrogens with two attached hydrogens (primary N) is 1. The molecule has 0 saturated carbocycles. The summed E-state index contributed by atoms with van der Waals surface area (Å²) in [7, 11) is 0. The van der Waals surface area contributed by atoms with Crippen molar-refractivity contribution in [2.75, 3.05) is 13.1 Å². The van der Waals surface area contributed by atoms with Crippen LogP contribution in [0.4, 0.5) is 0 Å². The van der Waals surface area contributed by atoms with E-state index in [-0.39, 0.29) is 28.3 Å². The fourth-order valence-corrected chi connectivity index (χ4v) is 5.27. The van der Waals surface area contributed by atoms with Gasteiger partial charge in [0.15, 0.2) is 0 Å². The standard InChI is InChI=1S/C29H33ClN2O3/c1-28(2,32-19-16-23(20-32)35-25-15-9-14-24(33)26(25)30)17-18-29(27(31)34,21-10-5-3-6-11-21)22-12-7-4-8-13-22/h3-15,23,33H,16-20H2,1-2H3,(H2,31,34)/t23-/m1/s1. The van der Waals surface area contributed by atoms with Crippen molar-refractivity contribution in [3.8, 4) is 11.5 Å². The highest BCUT2D eigenvalue weighted by Gasteiger charge is 2.43. The molecule has 5 nitrogen and oxygen atoms in total. The van der Waals surface area contributed by atoms with Gasteiger partial charge in [-0.2, -0.15) is 0 Å². The number of hydrogen-bond acceptors (Lipinski definition) is 4. The van der Waals surface area contributed by atoms with Gasteiger partial charge in [0.25, 0.3) is 0 Å². The molecule has 0 aromatic heterocycles. The largest absolute Gasteiger partial charge is 0.506 e. The predicted octanol–water partition coefficient (Wildman–Crippen LogP) is 5.53. The van der Waals surface area contributed by atoms with Gasteiger partial charge in [-0.3, -0.25) is 9.69 Å². The summed E-state index contributed by atoms with van der Waals surface area (Å²) in [5.41, 5.74) is 6.87. The minimum Gasteiger partial charge on any atom is -0.506 e. The fourth-order valence-electron chi connectivity index (χ4n) is 5.10. The summed E-state index contributed by atoms with van der Waals surface area (Å²) >= 11 is 6.21. The molecule has 1 fully saturated rings. The average Bonchev–Trinajstić information content (AvgIpc) is 3.33. The number of phenols is 1. The molecule has 4 rings (SSSR count). The lowest BCUT2D eigenvalue weighted by Gasteiger charge is -2.40. The number of primary amides is 1. The van der Waals surface area contributed by atoms with E-state index in [1.807, 2.05) is 60.7 Å².